The van der Waals surface area contributed by atoms with Crippen LogP contribution >= 0.6 is 12.4 Å². The number of halogens is 1. The van der Waals surface area contributed by atoms with E-state index in [4.69, 9.17) is 5.73 Å². The van der Waals surface area contributed by atoms with Crippen molar-refractivity contribution in [2.75, 3.05) is 31.1 Å². The molecule has 6 N–H and O–H groups in total. The van der Waals surface area contributed by atoms with Gasteiger partial charge in [-0.2, -0.15) is 5.10 Å². The van der Waals surface area contributed by atoms with Crippen molar-refractivity contribution in [3.05, 3.63) is 17.8 Å². The molecule has 1 fully saturated rings. The minimum Gasteiger partial charge on any atom is -0.412 e. The topological polar surface area (TPSA) is 131 Å². The van der Waals surface area contributed by atoms with Gasteiger partial charge in [0.1, 0.15) is 5.82 Å². The standard InChI is InChI=1S/C12H16N6O.ClH.H2O/c13-10(19)7-9-8-1-2-11(15-12(8)17-16-9)18-5-3-14-4-6-18;;/h1-2,14H,3-7H2,(H2,13,19)(H,15,16,17);1H;1H2. The normalized spacial score (nSPS) is 14.4. The number of anilines is 1. The molecule has 1 aliphatic rings. The van der Waals surface area contributed by atoms with Gasteiger partial charge in [0, 0.05) is 31.6 Å². The second-order valence-electron chi connectivity index (χ2n) is 4.62. The molecular weight excluding hydrogens is 296 g/mol. The number of piperazine rings is 1. The molecule has 0 atom stereocenters. The maximum atomic E-state index is 11.0. The summed E-state index contributed by atoms with van der Waals surface area (Å²) in [6.45, 7) is 3.81. The first-order chi connectivity index (χ1) is 9.24. The van der Waals surface area contributed by atoms with E-state index in [1.165, 1.54) is 0 Å². The van der Waals surface area contributed by atoms with Gasteiger partial charge in [-0.25, -0.2) is 4.98 Å². The zero-order chi connectivity index (χ0) is 13.2. The Morgan fingerprint density at radius 3 is 2.71 bits per heavy atom. The Hall–Kier alpha value is -1.90. The average molecular weight is 315 g/mol. The summed E-state index contributed by atoms with van der Waals surface area (Å²) in [5.41, 5.74) is 6.55. The molecule has 0 aromatic carbocycles. The van der Waals surface area contributed by atoms with Crippen molar-refractivity contribution in [1.82, 2.24) is 20.5 Å². The van der Waals surface area contributed by atoms with Crippen LogP contribution in [0.3, 0.4) is 0 Å². The maximum absolute atomic E-state index is 11.0. The summed E-state index contributed by atoms with van der Waals surface area (Å²) in [5.74, 6) is 0.544. The molecule has 0 aliphatic carbocycles. The van der Waals surface area contributed by atoms with Crippen LogP contribution in [0.5, 0.6) is 0 Å². The second-order valence-corrected chi connectivity index (χ2v) is 4.62. The van der Waals surface area contributed by atoms with E-state index in [0.29, 0.717) is 5.65 Å². The molecule has 1 saturated heterocycles. The van der Waals surface area contributed by atoms with Gasteiger partial charge < -0.3 is 21.4 Å². The Bertz CT molecular complexity index is 611. The highest BCUT2D eigenvalue weighted by Crippen LogP contribution is 2.19. The predicted molar refractivity (Wildman–Crippen MR) is 82.7 cm³/mol. The molecule has 3 rings (SSSR count). The Kier molecular flexibility index (Phi) is 5.89. The first-order valence-electron chi connectivity index (χ1n) is 6.32. The largest absolute Gasteiger partial charge is 0.412 e. The van der Waals surface area contributed by atoms with E-state index >= 15 is 0 Å². The molecule has 1 amide bonds. The highest BCUT2D eigenvalue weighted by atomic mass is 35.5. The minimum atomic E-state index is -0.378. The number of hydrogen-bond donors (Lipinski definition) is 3. The molecule has 0 saturated carbocycles. The zero-order valence-corrected chi connectivity index (χ0v) is 12.2. The van der Waals surface area contributed by atoms with Crippen LogP contribution in [0.25, 0.3) is 11.0 Å². The van der Waals surface area contributed by atoms with Crippen LogP contribution < -0.4 is 16.0 Å². The Balaban J connectivity index is 0.00000110. The Morgan fingerprint density at radius 1 is 1.33 bits per heavy atom. The Labute approximate surface area is 127 Å². The SMILES string of the molecule is Cl.NC(=O)Cc1[nH]nc2nc(N3CCNCC3)ccc12.O. The number of nitrogens with zero attached hydrogens (tertiary/aromatic N) is 3. The monoisotopic (exact) mass is 314 g/mol. The number of nitrogens with two attached hydrogens (primary N) is 1. The molecule has 0 unspecified atom stereocenters. The van der Waals surface area contributed by atoms with E-state index in [0.717, 1.165) is 43.1 Å². The third kappa shape index (κ3) is 3.60. The van der Waals surface area contributed by atoms with Crippen LogP contribution in [0, 0.1) is 0 Å². The fraction of sp³-hybridized carbons (Fsp3) is 0.417. The van der Waals surface area contributed by atoms with E-state index in [9.17, 15) is 4.79 Å². The van der Waals surface area contributed by atoms with Gasteiger partial charge in [-0.3, -0.25) is 9.89 Å². The van der Waals surface area contributed by atoms with Crippen molar-refractivity contribution in [1.29, 1.82) is 0 Å². The van der Waals surface area contributed by atoms with E-state index < -0.39 is 0 Å². The highest BCUT2D eigenvalue weighted by Gasteiger charge is 2.14. The summed E-state index contributed by atoms with van der Waals surface area (Å²) in [6.07, 6.45) is 0.158. The maximum Gasteiger partial charge on any atom is 0.223 e. The molecule has 1 aliphatic heterocycles. The van der Waals surface area contributed by atoms with E-state index in [2.05, 4.69) is 25.4 Å². The number of aromatic amines is 1. The van der Waals surface area contributed by atoms with Crippen molar-refractivity contribution in [3.63, 3.8) is 0 Å². The quantitative estimate of drug-likeness (QED) is 0.668. The van der Waals surface area contributed by atoms with Crippen LogP contribution in [0.1, 0.15) is 5.69 Å². The van der Waals surface area contributed by atoms with E-state index in [1.54, 1.807) is 0 Å². The van der Waals surface area contributed by atoms with Crippen molar-refractivity contribution >= 4 is 35.2 Å². The fourth-order valence-electron chi connectivity index (χ4n) is 2.32. The van der Waals surface area contributed by atoms with Crippen LogP contribution in [0.4, 0.5) is 5.82 Å². The predicted octanol–water partition coefficient (Wildman–Crippen LogP) is -1.01. The van der Waals surface area contributed by atoms with Crippen molar-refractivity contribution in [3.8, 4) is 0 Å². The Morgan fingerprint density at radius 2 is 2.05 bits per heavy atom. The molecule has 0 spiro atoms. The summed E-state index contributed by atoms with van der Waals surface area (Å²) < 4.78 is 0. The van der Waals surface area contributed by atoms with E-state index in [1.807, 2.05) is 12.1 Å². The number of nitrogens with one attached hydrogen (secondary N) is 2. The van der Waals surface area contributed by atoms with Crippen molar-refractivity contribution in [2.24, 2.45) is 5.73 Å². The van der Waals surface area contributed by atoms with Crippen LogP contribution in [0.2, 0.25) is 0 Å². The van der Waals surface area contributed by atoms with Crippen molar-refractivity contribution in [2.45, 2.75) is 6.42 Å². The first-order valence-corrected chi connectivity index (χ1v) is 6.32. The lowest BCUT2D eigenvalue weighted by atomic mass is 10.2. The number of primary amides is 1. The summed E-state index contributed by atoms with van der Waals surface area (Å²) in [7, 11) is 0. The van der Waals surface area contributed by atoms with Crippen LogP contribution in [-0.4, -0.2) is 52.7 Å². The van der Waals surface area contributed by atoms with Gasteiger partial charge >= 0.3 is 0 Å². The molecular formula is C12H19ClN6O2. The number of hydrogen-bond acceptors (Lipinski definition) is 5. The van der Waals surface area contributed by atoms with Gasteiger partial charge in [-0.15, -0.1) is 12.4 Å². The average Bonchev–Trinajstić information content (AvgIpc) is 2.81. The van der Waals surface area contributed by atoms with Gasteiger partial charge in [-0.1, -0.05) is 0 Å². The van der Waals surface area contributed by atoms with Gasteiger partial charge in [-0.05, 0) is 12.1 Å². The smallest absolute Gasteiger partial charge is 0.223 e. The minimum absolute atomic E-state index is 0. The zero-order valence-electron chi connectivity index (χ0n) is 11.4. The van der Waals surface area contributed by atoms with Gasteiger partial charge in [0.25, 0.3) is 0 Å². The molecule has 2 aromatic rings. The molecule has 2 aromatic heterocycles. The lowest BCUT2D eigenvalue weighted by molar-refractivity contribution is -0.117. The number of carbonyl (C=O) groups excluding carboxylic acids is 1. The number of pyridine rings is 1. The second kappa shape index (κ2) is 7.21. The summed E-state index contributed by atoms with van der Waals surface area (Å²) in [4.78, 5) is 17.7. The van der Waals surface area contributed by atoms with Crippen LogP contribution in [0.15, 0.2) is 12.1 Å². The summed E-state index contributed by atoms with van der Waals surface area (Å²) in [5, 5.41) is 11.1. The number of rotatable bonds is 3. The van der Waals surface area contributed by atoms with Gasteiger partial charge in [0.15, 0.2) is 5.65 Å². The summed E-state index contributed by atoms with van der Waals surface area (Å²) in [6, 6.07) is 3.91. The number of carbonyl (C=O) groups is 1. The number of amides is 1. The number of fused-ring (bicyclic) bond motifs is 1. The molecule has 0 bridgehead atoms. The molecule has 21 heavy (non-hydrogen) atoms. The van der Waals surface area contributed by atoms with Crippen molar-refractivity contribution < 1.29 is 10.3 Å². The first kappa shape index (κ1) is 17.2. The lowest BCUT2D eigenvalue weighted by Gasteiger charge is -2.28. The van der Waals surface area contributed by atoms with Gasteiger partial charge in [0.05, 0.1) is 12.1 Å². The molecule has 116 valence electrons. The van der Waals surface area contributed by atoms with Gasteiger partial charge in [0.2, 0.25) is 5.91 Å². The third-order valence-electron chi connectivity index (χ3n) is 3.27. The third-order valence-corrected chi connectivity index (χ3v) is 3.27. The number of aromatic nitrogens is 3. The molecule has 8 nitrogen and oxygen atoms in total. The summed E-state index contributed by atoms with van der Waals surface area (Å²) >= 11 is 0. The van der Waals surface area contributed by atoms with E-state index in [-0.39, 0.29) is 30.2 Å². The lowest BCUT2D eigenvalue weighted by Crippen LogP contribution is -2.43. The number of H-pyrrole nitrogens is 1. The fourth-order valence-corrected chi connectivity index (χ4v) is 2.32. The molecule has 0 radical (unpaired) electrons. The van der Waals surface area contributed by atoms with Crippen LogP contribution in [-0.2, 0) is 11.2 Å². The molecule has 9 heteroatoms. The highest BCUT2D eigenvalue weighted by molar-refractivity contribution is 5.86. The molecule has 3 heterocycles.